The van der Waals surface area contributed by atoms with Crippen LogP contribution in [0, 0.1) is 0 Å². The normalized spacial score (nSPS) is 19.5. The third-order valence-corrected chi connectivity index (χ3v) is 6.80. The van der Waals surface area contributed by atoms with E-state index in [1.807, 2.05) is 43.4 Å². The lowest BCUT2D eigenvalue weighted by molar-refractivity contribution is -0.125. The van der Waals surface area contributed by atoms with Gasteiger partial charge in [-0.3, -0.25) is 24.2 Å². The van der Waals surface area contributed by atoms with Crippen LogP contribution in [0.3, 0.4) is 0 Å². The highest BCUT2D eigenvalue weighted by Crippen LogP contribution is 2.33. The average molecular weight is 450 g/mol. The number of likely N-dealkylation sites (N-methyl/N-ethyl adjacent to an activating group) is 1. The Kier molecular flexibility index (Phi) is 7.07. The number of fused-ring (bicyclic) bond motifs is 1. The van der Waals surface area contributed by atoms with Gasteiger partial charge in [-0.05, 0) is 60.8 Å². The number of aryl methyl sites for hydroxylation is 1. The lowest BCUT2D eigenvalue weighted by Crippen LogP contribution is -2.42. The molecule has 1 saturated heterocycles. The Morgan fingerprint density at radius 3 is 2.72 bits per heavy atom. The zero-order chi connectivity index (χ0) is 22.5. The second kappa shape index (κ2) is 10.1. The molecule has 32 heavy (non-hydrogen) atoms. The molecule has 4 rings (SSSR count). The number of nitrogens with one attached hydrogen (secondary N) is 1. The zero-order valence-electron chi connectivity index (χ0n) is 18.1. The molecule has 7 heteroatoms. The smallest absolute Gasteiger partial charge is 0.293 e. The summed E-state index contributed by atoms with van der Waals surface area (Å²) in [6.07, 6.45) is 4.96. The van der Waals surface area contributed by atoms with E-state index >= 15 is 0 Å². The second-order valence-corrected chi connectivity index (χ2v) is 9.11. The van der Waals surface area contributed by atoms with Gasteiger partial charge in [0.25, 0.3) is 11.1 Å². The van der Waals surface area contributed by atoms with Gasteiger partial charge in [-0.1, -0.05) is 54.6 Å². The largest absolute Gasteiger partial charge is 0.353 e. The van der Waals surface area contributed by atoms with Gasteiger partial charge in [0, 0.05) is 19.1 Å². The molecular formula is C25H27N3O3S. The van der Waals surface area contributed by atoms with Crippen molar-refractivity contribution < 1.29 is 14.4 Å². The molecule has 0 spiro atoms. The summed E-state index contributed by atoms with van der Waals surface area (Å²) in [5, 5.41) is 2.55. The van der Waals surface area contributed by atoms with Crippen molar-refractivity contribution in [2.24, 2.45) is 0 Å². The topological polar surface area (TPSA) is 69.7 Å². The zero-order valence-corrected chi connectivity index (χ0v) is 18.9. The molecule has 0 bridgehead atoms. The molecule has 1 N–H and O–H groups in total. The molecule has 1 atom stereocenters. The van der Waals surface area contributed by atoms with Crippen molar-refractivity contribution in [1.29, 1.82) is 0 Å². The highest BCUT2D eigenvalue weighted by molar-refractivity contribution is 8.18. The lowest BCUT2D eigenvalue weighted by Gasteiger charge is -2.32. The summed E-state index contributed by atoms with van der Waals surface area (Å²) < 4.78 is 0. The Hall–Kier alpha value is -2.90. The summed E-state index contributed by atoms with van der Waals surface area (Å²) >= 11 is 0.936. The van der Waals surface area contributed by atoms with E-state index in [0.717, 1.165) is 36.6 Å². The minimum Gasteiger partial charge on any atom is -0.353 e. The number of nitrogens with zero attached hydrogens (tertiary/aromatic N) is 2. The molecule has 2 aromatic carbocycles. The first kappa shape index (κ1) is 22.3. The maximum Gasteiger partial charge on any atom is 0.293 e. The first-order valence-corrected chi connectivity index (χ1v) is 11.7. The molecule has 0 aromatic heterocycles. The van der Waals surface area contributed by atoms with Crippen LogP contribution < -0.4 is 5.32 Å². The average Bonchev–Trinajstić information content (AvgIpc) is 3.06. The number of hydrogen-bond acceptors (Lipinski definition) is 5. The SMILES string of the molecule is CN(CC(=O)NCCN1C(=O)S/C(=C\c2ccccc2)C1=O)[C@H]1CCCc2ccccc21. The molecule has 2 aliphatic rings. The van der Waals surface area contributed by atoms with Crippen LogP contribution in [0.5, 0.6) is 0 Å². The van der Waals surface area contributed by atoms with Crippen molar-refractivity contribution in [1.82, 2.24) is 15.1 Å². The van der Waals surface area contributed by atoms with Crippen molar-refractivity contribution in [3.8, 4) is 0 Å². The van der Waals surface area contributed by atoms with E-state index in [-0.39, 0.29) is 42.7 Å². The molecule has 3 amide bonds. The first-order chi connectivity index (χ1) is 15.5. The fourth-order valence-corrected chi connectivity index (χ4v) is 5.14. The van der Waals surface area contributed by atoms with Gasteiger partial charge in [-0.2, -0.15) is 0 Å². The van der Waals surface area contributed by atoms with Gasteiger partial charge in [-0.25, -0.2) is 0 Å². The number of hydrogen-bond donors (Lipinski definition) is 1. The van der Waals surface area contributed by atoms with Crippen LogP contribution in [0.2, 0.25) is 0 Å². The Bertz CT molecular complexity index is 1040. The van der Waals surface area contributed by atoms with E-state index < -0.39 is 0 Å². The van der Waals surface area contributed by atoms with Crippen LogP contribution in [-0.2, 0) is 16.0 Å². The van der Waals surface area contributed by atoms with Gasteiger partial charge in [0.2, 0.25) is 5.91 Å². The third-order valence-electron chi connectivity index (χ3n) is 5.89. The molecule has 1 aliphatic heterocycles. The molecule has 0 unspecified atom stereocenters. The van der Waals surface area contributed by atoms with Gasteiger partial charge >= 0.3 is 0 Å². The van der Waals surface area contributed by atoms with Crippen LogP contribution in [0.15, 0.2) is 59.5 Å². The van der Waals surface area contributed by atoms with Crippen LogP contribution >= 0.6 is 11.8 Å². The number of carbonyl (C=O) groups excluding carboxylic acids is 3. The van der Waals surface area contributed by atoms with E-state index in [1.165, 1.54) is 16.0 Å². The van der Waals surface area contributed by atoms with Crippen LogP contribution in [-0.4, -0.2) is 53.5 Å². The van der Waals surface area contributed by atoms with Gasteiger partial charge < -0.3 is 5.32 Å². The van der Waals surface area contributed by atoms with Gasteiger partial charge in [0.15, 0.2) is 0 Å². The minimum absolute atomic E-state index is 0.109. The van der Waals surface area contributed by atoms with Gasteiger partial charge in [-0.15, -0.1) is 0 Å². The molecule has 166 valence electrons. The summed E-state index contributed by atoms with van der Waals surface area (Å²) in [4.78, 5) is 41.0. The standard InChI is InChI=1S/C25H27N3O3S/c1-27(21-13-7-11-19-10-5-6-12-20(19)21)17-23(29)26-14-15-28-24(30)22(32-25(28)31)16-18-8-3-2-4-9-18/h2-6,8-10,12,16,21H,7,11,13-15,17H2,1H3,(H,26,29)/b22-16-/t21-/m0/s1. The molecule has 2 aromatic rings. The Morgan fingerprint density at radius 2 is 1.91 bits per heavy atom. The number of thioether (sulfide) groups is 1. The van der Waals surface area contributed by atoms with Crippen molar-refractivity contribution >= 4 is 34.9 Å². The van der Waals surface area contributed by atoms with Crippen LogP contribution in [0.4, 0.5) is 4.79 Å². The molecule has 1 aliphatic carbocycles. The minimum atomic E-state index is -0.311. The Labute approximate surface area is 192 Å². The van der Waals surface area contributed by atoms with E-state index in [1.54, 1.807) is 6.08 Å². The predicted molar refractivity (Wildman–Crippen MR) is 127 cm³/mol. The number of rotatable bonds is 7. The third kappa shape index (κ3) is 5.11. The molecule has 0 saturated carbocycles. The monoisotopic (exact) mass is 449 g/mol. The fourth-order valence-electron chi connectivity index (χ4n) is 4.28. The number of carbonyl (C=O) groups is 3. The first-order valence-electron chi connectivity index (χ1n) is 10.9. The predicted octanol–water partition coefficient (Wildman–Crippen LogP) is 3.85. The highest BCUT2D eigenvalue weighted by atomic mass is 32.2. The van der Waals surface area contributed by atoms with Gasteiger partial charge in [0.05, 0.1) is 11.4 Å². The molecular weight excluding hydrogens is 422 g/mol. The lowest BCUT2D eigenvalue weighted by atomic mass is 9.87. The van der Waals surface area contributed by atoms with Crippen molar-refractivity contribution in [2.45, 2.75) is 25.3 Å². The number of imide groups is 1. The van der Waals surface area contributed by atoms with E-state index in [9.17, 15) is 14.4 Å². The van der Waals surface area contributed by atoms with Crippen molar-refractivity contribution in [2.75, 3.05) is 26.7 Å². The molecule has 1 heterocycles. The number of amides is 3. The second-order valence-electron chi connectivity index (χ2n) is 8.12. The van der Waals surface area contributed by atoms with E-state index in [4.69, 9.17) is 0 Å². The Balaban J connectivity index is 1.27. The summed E-state index contributed by atoms with van der Waals surface area (Å²) in [6, 6.07) is 18.1. The number of benzene rings is 2. The molecule has 6 nitrogen and oxygen atoms in total. The maximum absolute atomic E-state index is 12.6. The molecule has 1 fully saturated rings. The summed E-state index contributed by atoms with van der Waals surface area (Å²) in [6.45, 7) is 0.678. The van der Waals surface area contributed by atoms with Crippen LogP contribution in [0.25, 0.3) is 6.08 Å². The van der Waals surface area contributed by atoms with Crippen LogP contribution in [0.1, 0.15) is 35.6 Å². The van der Waals surface area contributed by atoms with Crippen molar-refractivity contribution in [3.05, 3.63) is 76.2 Å². The van der Waals surface area contributed by atoms with Crippen molar-refractivity contribution in [3.63, 3.8) is 0 Å². The Morgan fingerprint density at radius 1 is 1.16 bits per heavy atom. The molecule has 0 radical (unpaired) electrons. The summed E-state index contributed by atoms with van der Waals surface area (Å²) in [5.74, 6) is -0.420. The summed E-state index contributed by atoms with van der Waals surface area (Å²) in [7, 11) is 1.97. The fraction of sp³-hybridized carbons (Fsp3) is 0.320. The van der Waals surface area contributed by atoms with E-state index in [0.29, 0.717) is 4.91 Å². The van der Waals surface area contributed by atoms with E-state index in [2.05, 4.69) is 28.4 Å². The highest BCUT2D eigenvalue weighted by Gasteiger charge is 2.34. The quantitative estimate of drug-likeness (QED) is 0.651. The van der Waals surface area contributed by atoms with Gasteiger partial charge in [0.1, 0.15) is 0 Å². The maximum atomic E-state index is 12.6. The summed E-state index contributed by atoms with van der Waals surface area (Å²) in [5.41, 5.74) is 3.54.